The van der Waals surface area contributed by atoms with Gasteiger partial charge < -0.3 is 14.8 Å². The molecule has 0 saturated carbocycles. The predicted octanol–water partition coefficient (Wildman–Crippen LogP) is 3.39. The van der Waals surface area contributed by atoms with Gasteiger partial charge >= 0.3 is 11.9 Å². The maximum atomic E-state index is 12.2. The van der Waals surface area contributed by atoms with Crippen LogP contribution in [0.5, 0.6) is 0 Å². The van der Waals surface area contributed by atoms with E-state index in [0.717, 1.165) is 11.3 Å². The molecule has 0 aliphatic heterocycles. The Kier molecular flexibility index (Phi) is 6.75. The fourth-order valence-electron chi connectivity index (χ4n) is 1.77. The van der Waals surface area contributed by atoms with Crippen molar-refractivity contribution in [3.63, 3.8) is 0 Å². The normalized spacial score (nSPS) is 10.8. The summed E-state index contributed by atoms with van der Waals surface area (Å²) < 4.78 is 10.2. The second kappa shape index (κ2) is 8.10. The monoisotopic (exact) mass is 341 g/mol. The van der Waals surface area contributed by atoms with Crippen molar-refractivity contribution in [2.45, 2.75) is 47.6 Å². The number of hydrogen-bond acceptors (Lipinski definition) is 6. The number of hydrogen-bond donors (Lipinski definition) is 1. The molecule has 0 atom stereocenters. The van der Waals surface area contributed by atoms with Crippen LogP contribution in [0, 0.1) is 12.8 Å². The smallest absolute Gasteiger partial charge is 0.348 e. The number of ether oxygens (including phenoxy) is 2. The lowest BCUT2D eigenvalue weighted by Crippen LogP contribution is -2.19. The highest BCUT2D eigenvalue weighted by molar-refractivity contribution is 7.18. The molecule has 0 aliphatic carbocycles. The van der Waals surface area contributed by atoms with E-state index in [2.05, 4.69) is 5.32 Å². The van der Waals surface area contributed by atoms with Crippen LogP contribution in [0.25, 0.3) is 0 Å². The van der Waals surface area contributed by atoms with Crippen LogP contribution in [0.3, 0.4) is 0 Å². The molecular formula is C16H23NO5S. The summed E-state index contributed by atoms with van der Waals surface area (Å²) in [6.07, 6.45) is -0.274. The molecule has 1 amide bonds. The van der Waals surface area contributed by atoms with Crippen LogP contribution in [0.1, 0.15) is 60.2 Å². The molecule has 0 fully saturated rings. The Labute approximate surface area is 140 Å². The summed E-state index contributed by atoms with van der Waals surface area (Å²) in [4.78, 5) is 36.6. The maximum Gasteiger partial charge on any atom is 0.348 e. The van der Waals surface area contributed by atoms with Gasteiger partial charge in [-0.15, -0.1) is 11.3 Å². The van der Waals surface area contributed by atoms with Gasteiger partial charge in [0.25, 0.3) is 0 Å². The molecule has 0 unspecified atom stereocenters. The minimum atomic E-state index is -0.566. The van der Waals surface area contributed by atoms with E-state index in [9.17, 15) is 14.4 Å². The molecular weight excluding hydrogens is 318 g/mol. The van der Waals surface area contributed by atoms with Crippen molar-refractivity contribution >= 4 is 34.2 Å². The predicted molar refractivity (Wildman–Crippen MR) is 89.0 cm³/mol. The molecule has 0 spiro atoms. The van der Waals surface area contributed by atoms with E-state index < -0.39 is 11.9 Å². The van der Waals surface area contributed by atoms with Crippen LogP contribution in [0.15, 0.2) is 0 Å². The van der Waals surface area contributed by atoms with Crippen LogP contribution in [-0.4, -0.2) is 30.6 Å². The first kappa shape index (κ1) is 19.2. The lowest BCUT2D eigenvalue weighted by molar-refractivity contribution is -0.118. The summed E-state index contributed by atoms with van der Waals surface area (Å²) in [7, 11) is 0. The van der Waals surface area contributed by atoms with E-state index in [1.54, 1.807) is 41.5 Å². The Balaban J connectivity index is 3.28. The lowest BCUT2D eigenvalue weighted by atomic mass is 10.1. The molecule has 0 aromatic carbocycles. The van der Waals surface area contributed by atoms with E-state index in [0.29, 0.717) is 15.4 Å². The third-order valence-corrected chi connectivity index (χ3v) is 4.10. The third-order valence-electron chi connectivity index (χ3n) is 2.92. The van der Waals surface area contributed by atoms with Crippen molar-refractivity contribution in [2.75, 3.05) is 11.9 Å². The van der Waals surface area contributed by atoms with Crippen LogP contribution in [0.2, 0.25) is 0 Å². The van der Waals surface area contributed by atoms with Gasteiger partial charge in [0, 0.05) is 5.92 Å². The molecule has 0 aliphatic rings. The summed E-state index contributed by atoms with van der Waals surface area (Å²) in [5.74, 6) is -1.57. The van der Waals surface area contributed by atoms with Gasteiger partial charge in [-0.2, -0.15) is 0 Å². The summed E-state index contributed by atoms with van der Waals surface area (Å²) >= 11 is 1.03. The van der Waals surface area contributed by atoms with Gasteiger partial charge in [0.05, 0.1) is 18.3 Å². The number of nitrogens with one attached hydrogen (secondary N) is 1. The SMILES string of the molecule is CCOC(=O)c1c(NC(=O)C(C)C)sc(C(=O)OC(C)C)c1C. The van der Waals surface area contributed by atoms with Crippen molar-refractivity contribution < 1.29 is 23.9 Å². The van der Waals surface area contributed by atoms with Gasteiger partial charge in [0.15, 0.2) is 0 Å². The first-order valence-corrected chi connectivity index (χ1v) is 8.32. The third kappa shape index (κ3) is 4.79. The summed E-state index contributed by atoms with van der Waals surface area (Å²) in [5.41, 5.74) is 0.666. The van der Waals surface area contributed by atoms with Gasteiger partial charge in [-0.25, -0.2) is 9.59 Å². The fraction of sp³-hybridized carbons (Fsp3) is 0.562. The summed E-state index contributed by atoms with van der Waals surface area (Å²) in [6.45, 7) is 10.5. The van der Waals surface area contributed by atoms with Gasteiger partial charge in [-0.1, -0.05) is 13.8 Å². The van der Waals surface area contributed by atoms with Crippen molar-refractivity contribution in [3.8, 4) is 0 Å². The zero-order valence-corrected chi connectivity index (χ0v) is 15.1. The Morgan fingerprint density at radius 2 is 1.74 bits per heavy atom. The number of amides is 1. The molecule has 1 rings (SSSR count). The molecule has 0 bridgehead atoms. The first-order valence-electron chi connectivity index (χ1n) is 7.51. The van der Waals surface area contributed by atoms with Gasteiger partial charge in [-0.3, -0.25) is 4.79 Å². The van der Waals surface area contributed by atoms with Crippen molar-refractivity contribution in [3.05, 3.63) is 16.0 Å². The van der Waals surface area contributed by atoms with Crippen molar-refractivity contribution in [1.29, 1.82) is 0 Å². The number of thiophene rings is 1. The number of anilines is 1. The van der Waals surface area contributed by atoms with Crippen LogP contribution < -0.4 is 5.32 Å². The molecule has 1 aromatic heterocycles. The van der Waals surface area contributed by atoms with Crippen LogP contribution in [-0.2, 0) is 14.3 Å². The van der Waals surface area contributed by atoms with E-state index in [1.807, 2.05) is 0 Å². The fourth-order valence-corrected chi connectivity index (χ4v) is 2.85. The molecule has 1 N–H and O–H groups in total. The van der Waals surface area contributed by atoms with E-state index in [4.69, 9.17) is 9.47 Å². The quantitative estimate of drug-likeness (QED) is 0.802. The number of rotatable bonds is 6. The Hall–Kier alpha value is -1.89. The maximum absolute atomic E-state index is 12.2. The molecule has 1 heterocycles. The van der Waals surface area contributed by atoms with Gasteiger partial charge in [0.2, 0.25) is 5.91 Å². The molecule has 128 valence electrons. The summed E-state index contributed by atoms with van der Waals surface area (Å²) in [6, 6.07) is 0. The average molecular weight is 341 g/mol. The van der Waals surface area contributed by atoms with Crippen molar-refractivity contribution in [1.82, 2.24) is 0 Å². The minimum Gasteiger partial charge on any atom is -0.462 e. The topological polar surface area (TPSA) is 81.7 Å². The average Bonchev–Trinajstić information content (AvgIpc) is 2.74. The number of esters is 2. The first-order chi connectivity index (χ1) is 10.7. The van der Waals surface area contributed by atoms with Crippen LogP contribution in [0.4, 0.5) is 5.00 Å². The van der Waals surface area contributed by atoms with E-state index in [-0.39, 0.29) is 30.1 Å². The van der Waals surface area contributed by atoms with E-state index in [1.165, 1.54) is 0 Å². The molecule has 7 heteroatoms. The molecule has 0 saturated heterocycles. The highest BCUT2D eigenvalue weighted by Gasteiger charge is 2.28. The van der Waals surface area contributed by atoms with Gasteiger partial charge in [0.1, 0.15) is 9.88 Å². The molecule has 23 heavy (non-hydrogen) atoms. The Morgan fingerprint density at radius 3 is 2.22 bits per heavy atom. The number of carbonyl (C=O) groups excluding carboxylic acids is 3. The van der Waals surface area contributed by atoms with Crippen LogP contribution >= 0.6 is 11.3 Å². The molecule has 6 nitrogen and oxygen atoms in total. The summed E-state index contributed by atoms with van der Waals surface area (Å²) in [5, 5.41) is 3.00. The second-order valence-electron chi connectivity index (χ2n) is 5.58. The standard InChI is InChI=1S/C16H23NO5S/c1-7-21-15(19)11-10(6)12(16(20)22-9(4)5)23-14(11)17-13(18)8(2)3/h8-9H,7H2,1-6H3,(H,17,18). The zero-order chi connectivity index (χ0) is 17.7. The van der Waals surface area contributed by atoms with E-state index >= 15 is 0 Å². The molecule has 0 radical (unpaired) electrons. The highest BCUT2D eigenvalue weighted by atomic mass is 32.1. The minimum absolute atomic E-state index is 0.206. The molecule has 1 aromatic rings. The zero-order valence-electron chi connectivity index (χ0n) is 14.3. The second-order valence-corrected chi connectivity index (χ2v) is 6.60. The number of carbonyl (C=O) groups is 3. The van der Waals surface area contributed by atoms with Crippen molar-refractivity contribution in [2.24, 2.45) is 5.92 Å². The van der Waals surface area contributed by atoms with Gasteiger partial charge in [-0.05, 0) is 33.3 Å². The highest BCUT2D eigenvalue weighted by Crippen LogP contribution is 2.34. The Bertz CT molecular complexity index is 604. The largest absolute Gasteiger partial charge is 0.462 e. The Morgan fingerprint density at radius 1 is 1.13 bits per heavy atom. The lowest BCUT2D eigenvalue weighted by Gasteiger charge is -2.08.